The minimum Gasteiger partial charge on any atom is -0.398 e. The molecular formula is C15H18FN3. The van der Waals surface area contributed by atoms with Crippen LogP contribution in [0.1, 0.15) is 29.7 Å². The van der Waals surface area contributed by atoms with Crippen LogP contribution >= 0.6 is 0 Å². The van der Waals surface area contributed by atoms with Crippen molar-refractivity contribution >= 4 is 5.69 Å². The van der Waals surface area contributed by atoms with Crippen LogP contribution in [0.5, 0.6) is 0 Å². The van der Waals surface area contributed by atoms with Crippen molar-refractivity contribution in [1.29, 1.82) is 0 Å². The van der Waals surface area contributed by atoms with E-state index in [-0.39, 0.29) is 11.9 Å². The number of hydrogen-bond acceptors (Lipinski definition) is 3. The molecular weight excluding hydrogens is 241 g/mol. The molecule has 0 saturated heterocycles. The normalized spacial score (nSPS) is 12.4. The molecule has 4 heteroatoms. The Kier molecular flexibility index (Phi) is 4.14. The highest BCUT2D eigenvalue weighted by Crippen LogP contribution is 2.27. The molecule has 0 saturated carbocycles. The van der Waals surface area contributed by atoms with Gasteiger partial charge in [-0.05, 0) is 35.7 Å². The minimum absolute atomic E-state index is 0.317. The third kappa shape index (κ3) is 2.92. The number of nitrogen functional groups attached to an aromatic ring is 1. The van der Waals surface area contributed by atoms with Crippen molar-refractivity contribution in [2.24, 2.45) is 5.84 Å². The Balaban J connectivity index is 2.46. The van der Waals surface area contributed by atoms with E-state index in [1.807, 2.05) is 18.2 Å². The third-order valence-electron chi connectivity index (χ3n) is 3.22. The summed E-state index contributed by atoms with van der Waals surface area (Å²) in [4.78, 5) is 0. The highest BCUT2D eigenvalue weighted by atomic mass is 19.1. The lowest BCUT2D eigenvalue weighted by Crippen LogP contribution is -2.29. The first-order valence-corrected chi connectivity index (χ1v) is 6.25. The van der Waals surface area contributed by atoms with Gasteiger partial charge in [0.1, 0.15) is 5.82 Å². The van der Waals surface area contributed by atoms with Crippen LogP contribution in [0.3, 0.4) is 0 Å². The first-order valence-electron chi connectivity index (χ1n) is 6.25. The molecule has 0 fully saturated rings. The van der Waals surface area contributed by atoms with Gasteiger partial charge in [0, 0.05) is 11.3 Å². The lowest BCUT2D eigenvalue weighted by atomic mass is 9.96. The molecule has 0 amide bonds. The fourth-order valence-corrected chi connectivity index (χ4v) is 2.15. The van der Waals surface area contributed by atoms with Crippen LogP contribution in [0, 0.1) is 5.82 Å². The van der Waals surface area contributed by atoms with E-state index in [1.165, 1.54) is 17.7 Å². The van der Waals surface area contributed by atoms with Crippen LogP contribution in [0.2, 0.25) is 0 Å². The zero-order chi connectivity index (χ0) is 13.8. The van der Waals surface area contributed by atoms with Crippen LogP contribution in [0.15, 0.2) is 42.5 Å². The molecule has 0 heterocycles. The fourth-order valence-electron chi connectivity index (χ4n) is 2.15. The third-order valence-corrected chi connectivity index (χ3v) is 3.22. The lowest BCUT2D eigenvalue weighted by molar-refractivity contribution is 0.606. The van der Waals surface area contributed by atoms with Gasteiger partial charge in [-0.1, -0.05) is 31.2 Å². The molecule has 2 aromatic carbocycles. The predicted octanol–water partition coefficient (Wildman–Crippen LogP) is 2.52. The second-order valence-electron chi connectivity index (χ2n) is 4.47. The largest absolute Gasteiger partial charge is 0.398 e. The van der Waals surface area contributed by atoms with Crippen molar-refractivity contribution in [2.45, 2.75) is 19.4 Å². The summed E-state index contributed by atoms with van der Waals surface area (Å²) in [5, 5.41) is 0. The average molecular weight is 259 g/mol. The summed E-state index contributed by atoms with van der Waals surface area (Å²) in [6.07, 6.45) is 0.934. The molecule has 2 rings (SSSR count). The fraction of sp³-hybridized carbons (Fsp3) is 0.200. The zero-order valence-electron chi connectivity index (χ0n) is 10.9. The molecule has 0 aliphatic heterocycles. The first-order chi connectivity index (χ1) is 9.15. The van der Waals surface area contributed by atoms with Crippen LogP contribution in [0.25, 0.3) is 0 Å². The summed E-state index contributed by atoms with van der Waals surface area (Å²) in [6.45, 7) is 2.08. The van der Waals surface area contributed by atoms with Gasteiger partial charge in [0.05, 0.1) is 6.04 Å². The summed E-state index contributed by atoms with van der Waals surface area (Å²) < 4.78 is 13.4. The monoisotopic (exact) mass is 259 g/mol. The van der Waals surface area contributed by atoms with Crippen molar-refractivity contribution in [1.82, 2.24) is 5.43 Å². The van der Waals surface area contributed by atoms with Crippen molar-refractivity contribution in [3.63, 3.8) is 0 Å². The standard InChI is InChI=1S/C15H18FN3/c1-2-10-4-3-5-11(8-10)15(19-18)13-9-12(16)6-7-14(13)17/h3-9,15,19H,2,17-18H2,1H3. The number of anilines is 1. The molecule has 19 heavy (non-hydrogen) atoms. The van der Waals surface area contributed by atoms with E-state index in [2.05, 4.69) is 18.4 Å². The van der Waals surface area contributed by atoms with Gasteiger partial charge in [0.15, 0.2) is 0 Å². The molecule has 2 aromatic rings. The van der Waals surface area contributed by atoms with Gasteiger partial charge in [-0.15, -0.1) is 0 Å². The molecule has 100 valence electrons. The van der Waals surface area contributed by atoms with E-state index >= 15 is 0 Å². The number of nitrogens with two attached hydrogens (primary N) is 2. The Bertz CT molecular complexity index is 569. The quantitative estimate of drug-likeness (QED) is 0.449. The molecule has 3 nitrogen and oxygen atoms in total. The topological polar surface area (TPSA) is 64.1 Å². The van der Waals surface area contributed by atoms with Gasteiger partial charge < -0.3 is 5.73 Å². The first kappa shape index (κ1) is 13.5. The van der Waals surface area contributed by atoms with Crippen LogP contribution in [-0.4, -0.2) is 0 Å². The van der Waals surface area contributed by atoms with Crippen LogP contribution in [-0.2, 0) is 6.42 Å². The zero-order valence-corrected chi connectivity index (χ0v) is 10.9. The smallest absolute Gasteiger partial charge is 0.123 e. The van der Waals surface area contributed by atoms with Gasteiger partial charge >= 0.3 is 0 Å². The molecule has 1 atom stereocenters. The number of halogens is 1. The van der Waals surface area contributed by atoms with Gasteiger partial charge in [-0.3, -0.25) is 5.84 Å². The van der Waals surface area contributed by atoms with E-state index in [4.69, 9.17) is 11.6 Å². The molecule has 1 unspecified atom stereocenters. The summed E-state index contributed by atoms with van der Waals surface area (Å²) in [5.74, 6) is 5.30. The second kappa shape index (κ2) is 5.82. The number of aryl methyl sites for hydroxylation is 1. The lowest BCUT2D eigenvalue weighted by Gasteiger charge is -2.19. The Morgan fingerprint density at radius 2 is 2.00 bits per heavy atom. The van der Waals surface area contributed by atoms with Crippen LogP contribution < -0.4 is 17.0 Å². The Labute approximate surface area is 112 Å². The Hall–Kier alpha value is -1.91. The molecule has 0 bridgehead atoms. The summed E-state index contributed by atoms with van der Waals surface area (Å²) in [5.41, 5.74) is 12.0. The Morgan fingerprint density at radius 1 is 1.21 bits per heavy atom. The van der Waals surface area contributed by atoms with Crippen molar-refractivity contribution in [2.75, 3.05) is 5.73 Å². The highest BCUT2D eigenvalue weighted by molar-refractivity contribution is 5.51. The molecule has 0 radical (unpaired) electrons. The van der Waals surface area contributed by atoms with Crippen molar-refractivity contribution in [3.8, 4) is 0 Å². The molecule has 0 aliphatic carbocycles. The maximum Gasteiger partial charge on any atom is 0.123 e. The summed E-state index contributed by atoms with van der Waals surface area (Å²) in [6, 6.07) is 12.0. The SMILES string of the molecule is CCc1cccc(C(NN)c2cc(F)ccc2N)c1. The molecule has 5 N–H and O–H groups in total. The van der Waals surface area contributed by atoms with E-state index < -0.39 is 0 Å². The van der Waals surface area contributed by atoms with E-state index in [0.29, 0.717) is 11.3 Å². The molecule has 0 aromatic heterocycles. The van der Waals surface area contributed by atoms with Crippen molar-refractivity contribution in [3.05, 3.63) is 65.0 Å². The average Bonchev–Trinajstić information content (AvgIpc) is 2.44. The van der Waals surface area contributed by atoms with E-state index in [9.17, 15) is 4.39 Å². The Morgan fingerprint density at radius 3 is 2.68 bits per heavy atom. The number of benzene rings is 2. The van der Waals surface area contributed by atoms with Gasteiger partial charge in [0.25, 0.3) is 0 Å². The molecule has 0 aliphatic rings. The minimum atomic E-state index is -0.323. The van der Waals surface area contributed by atoms with Crippen molar-refractivity contribution < 1.29 is 4.39 Å². The van der Waals surface area contributed by atoms with Gasteiger partial charge in [-0.25, -0.2) is 9.82 Å². The maximum absolute atomic E-state index is 13.4. The van der Waals surface area contributed by atoms with Gasteiger partial charge in [0.2, 0.25) is 0 Å². The van der Waals surface area contributed by atoms with E-state index in [0.717, 1.165) is 12.0 Å². The summed E-state index contributed by atoms with van der Waals surface area (Å²) >= 11 is 0. The van der Waals surface area contributed by atoms with E-state index in [1.54, 1.807) is 6.07 Å². The number of nitrogens with one attached hydrogen (secondary N) is 1. The number of hydrazine groups is 1. The second-order valence-corrected chi connectivity index (χ2v) is 4.47. The van der Waals surface area contributed by atoms with Gasteiger partial charge in [-0.2, -0.15) is 0 Å². The molecule has 0 spiro atoms. The highest BCUT2D eigenvalue weighted by Gasteiger charge is 2.16. The summed E-state index contributed by atoms with van der Waals surface area (Å²) in [7, 11) is 0. The number of rotatable bonds is 4. The predicted molar refractivity (Wildman–Crippen MR) is 75.8 cm³/mol. The number of hydrogen-bond donors (Lipinski definition) is 3. The van der Waals surface area contributed by atoms with Crippen LogP contribution in [0.4, 0.5) is 10.1 Å². The maximum atomic E-state index is 13.4.